The molecule has 1 aliphatic heterocycles. The lowest BCUT2D eigenvalue weighted by Crippen LogP contribution is -2.48. The summed E-state index contributed by atoms with van der Waals surface area (Å²) in [7, 11) is 0. The summed E-state index contributed by atoms with van der Waals surface area (Å²) in [6.07, 6.45) is 0.955. The molecule has 1 fully saturated rings. The molecule has 0 radical (unpaired) electrons. The van der Waals surface area contributed by atoms with E-state index in [1.807, 2.05) is 0 Å². The molecule has 0 aliphatic carbocycles. The molecule has 0 atom stereocenters. The molecule has 1 saturated heterocycles. The lowest BCUT2D eigenvalue weighted by Gasteiger charge is -2.30. The van der Waals surface area contributed by atoms with Crippen LogP contribution in [0.25, 0.3) is 0 Å². The van der Waals surface area contributed by atoms with Gasteiger partial charge in [-0.05, 0) is 0 Å². The van der Waals surface area contributed by atoms with Crippen molar-refractivity contribution in [2.45, 2.75) is 5.60 Å². The summed E-state index contributed by atoms with van der Waals surface area (Å²) in [5.74, 6) is 4.84. The van der Waals surface area contributed by atoms with Crippen LogP contribution in [-0.2, 0) is 4.74 Å². The Morgan fingerprint density at radius 3 is 2.67 bits per heavy atom. The molecular weight excluding hydrogens is 118 g/mol. The van der Waals surface area contributed by atoms with Crippen LogP contribution >= 0.6 is 0 Å². The molecule has 48 valence electrons. The molecule has 0 aromatic rings. The molecule has 3 heteroatoms. The van der Waals surface area contributed by atoms with Crippen molar-refractivity contribution < 1.29 is 9.84 Å². The molecule has 3 nitrogen and oxygen atoms in total. The topological polar surface area (TPSA) is 53.3 Å². The van der Waals surface area contributed by atoms with Crippen LogP contribution in [0.4, 0.5) is 0 Å². The van der Waals surface area contributed by atoms with Gasteiger partial charge in [0.2, 0.25) is 0 Å². The Kier molecular flexibility index (Phi) is 1.52. The van der Waals surface area contributed by atoms with E-state index in [-0.39, 0.29) is 13.2 Å². The maximum absolute atomic E-state index is 9.14. The highest BCUT2D eigenvalue weighted by molar-refractivity contribution is 5.75. The predicted octanol–water partition coefficient (Wildman–Crippen LogP) is -0.599. The highest BCUT2D eigenvalue weighted by Gasteiger charge is 2.33. The Labute approximate surface area is 53.2 Å². The molecule has 2 N–H and O–H groups in total. The van der Waals surface area contributed by atoms with E-state index in [0.717, 1.165) is 6.21 Å². The molecule has 0 spiro atoms. The first kappa shape index (κ1) is 6.27. The third kappa shape index (κ3) is 1.28. The minimum Gasteiger partial charge on any atom is -0.373 e. The van der Waals surface area contributed by atoms with Gasteiger partial charge in [-0.15, -0.1) is 0 Å². The van der Waals surface area contributed by atoms with Gasteiger partial charge in [0, 0.05) is 0 Å². The maximum Gasteiger partial charge on any atom is 0.172 e. The van der Waals surface area contributed by atoms with E-state index in [1.54, 1.807) is 0 Å². The molecule has 9 heavy (non-hydrogen) atoms. The van der Waals surface area contributed by atoms with Crippen molar-refractivity contribution in [2.75, 3.05) is 13.2 Å². The number of nitrogens with one attached hydrogen (secondary N) is 1. The molecule has 1 aliphatic rings. The Hall–Kier alpha value is -0.850. The highest BCUT2D eigenvalue weighted by Crippen LogP contribution is 2.13. The van der Waals surface area contributed by atoms with Gasteiger partial charge in [0.15, 0.2) is 5.60 Å². The first-order chi connectivity index (χ1) is 4.27. The minimum atomic E-state index is -0.961. The average Bonchev–Trinajstić information content (AvgIpc) is 1.79. The Morgan fingerprint density at radius 1 is 1.67 bits per heavy atom. The van der Waals surface area contributed by atoms with Gasteiger partial charge in [0.25, 0.3) is 0 Å². The fourth-order valence-electron chi connectivity index (χ4n) is 0.538. The number of hydrogen-bond acceptors (Lipinski definition) is 3. The number of ether oxygens (including phenoxy) is 1. The quantitative estimate of drug-likeness (QED) is 0.335. The summed E-state index contributed by atoms with van der Waals surface area (Å²) >= 11 is 0. The van der Waals surface area contributed by atoms with E-state index in [0.29, 0.717) is 0 Å². The molecular formula is C6H7NO2. The zero-order valence-corrected chi connectivity index (χ0v) is 4.85. The maximum atomic E-state index is 9.14. The summed E-state index contributed by atoms with van der Waals surface area (Å²) < 4.78 is 4.71. The van der Waals surface area contributed by atoms with Crippen LogP contribution in [-0.4, -0.2) is 30.1 Å². The summed E-state index contributed by atoms with van der Waals surface area (Å²) in [6, 6.07) is 0. The van der Waals surface area contributed by atoms with E-state index in [9.17, 15) is 0 Å². The standard InChI is InChI=1S/C6H7NO2/c7-3-1-2-6(8)4-9-5-6/h3,7-8H,4-5H2. The first-order valence-corrected chi connectivity index (χ1v) is 2.59. The fourth-order valence-corrected chi connectivity index (χ4v) is 0.538. The van der Waals surface area contributed by atoms with Gasteiger partial charge in [-0.2, -0.15) is 0 Å². The van der Waals surface area contributed by atoms with Crippen molar-refractivity contribution in [3.63, 3.8) is 0 Å². The predicted molar refractivity (Wildman–Crippen MR) is 32.3 cm³/mol. The Balaban J connectivity index is 2.50. The van der Waals surface area contributed by atoms with E-state index in [1.165, 1.54) is 0 Å². The van der Waals surface area contributed by atoms with Gasteiger partial charge in [-0.3, -0.25) is 5.41 Å². The molecule has 1 heterocycles. The van der Waals surface area contributed by atoms with Crippen molar-refractivity contribution in [1.82, 2.24) is 0 Å². The second-order valence-electron chi connectivity index (χ2n) is 1.94. The smallest absolute Gasteiger partial charge is 0.172 e. The SMILES string of the molecule is N=CC#CC1(O)COC1. The van der Waals surface area contributed by atoms with Crippen molar-refractivity contribution >= 4 is 6.21 Å². The third-order valence-electron chi connectivity index (χ3n) is 1.06. The normalized spacial score (nSPS) is 21.0. The molecule has 0 bridgehead atoms. The molecule has 0 aromatic carbocycles. The largest absolute Gasteiger partial charge is 0.373 e. The molecule has 1 rings (SSSR count). The third-order valence-corrected chi connectivity index (χ3v) is 1.06. The van der Waals surface area contributed by atoms with Crippen LogP contribution in [0.1, 0.15) is 0 Å². The highest BCUT2D eigenvalue weighted by atomic mass is 16.5. The minimum absolute atomic E-state index is 0.272. The summed E-state index contributed by atoms with van der Waals surface area (Å²) in [4.78, 5) is 0. The van der Waals surface area contributed by atoms with Gasteiger partial charge in [0.05, 0.1) is 19.4 Å². The van der Waals surface area contributed by atoms with Crippen LogP contribution in [0.2, 0.25) is 0 Å². The van der Waals surface area contributed by atoms with Crippen molar-refractivity contribution in [3.8, 4) is 11.8 Å². The fraction of sp³-hybridized carbons (Fsp3) is 0.500. The van der Waals surface area contributed by atoms with Gasteiger partial charge < -0.3 is 9.84 Å². The number of rotatable bonds is 0. The lowest BCUT2D eigenvalue weighted by atomic mass is 10.0. The van der Waals surface area contributed by atoms with Crippen molar-refractivity contribution in [2.24, 2.45) is 0 Å². The van der Waals surface area contributed by atoms with E-state index >= 15 is 0 Å². The molecule has 0 unspecified atom stereocenters. The number of hydrogen-bond donors (Lipinski definition) is 2. The van der Waals surface area contributed by atoms with Crippen LogP contribution in [0.5, 0.6) is 0 Å². The Morgan fingerprint density at radius 2 is 2.33 bits per heavy atom. The van der Waals surface area contributed by atoms with E-state index in [2.05, 4.69) is 11.8 Å². The van der Waals surface area contributed by atoms with E-state index < -0.39 is 5.60 Å². The first-order valence-electron chi connectivity index (χ1n) is 2.59. The molecule has 0 aromatic heterocycles. The summed E-state index contributed by atoms with van der Waals surface area (Å²) in [5.41, 5.74) is -0.961. The molecule has 0 amide bonds. The van der Waals surface area contributed by atoms with Crippen LogP contribution in [0.3, 0.4) is 0 Å². The van der Waals surface area contributed by atoms with Gasteiger partial charge in [-0.25, -0.2) is 0 Å². The summed E-state index contributed by atoms with van der Waals surface area (Å²) in [6.45, 7) is 0.543. The second-order valence-corrected chi connectivity index (χ2v) is 1.94. The average molecular weight is 125 g/mol. The van der Waals surface area contributed by atoms with Gasteiger partial charge >= 0.3 is 0 Å². The second kappa shape index (κ2) is 2.18. The van der Waals surface area contributed by atoms with E-state index in [4.69, 9.17) is 15.3 Å². The molecule has 0 saturated carbocycles. The van der Waals surface area contributed by atoms with Crippen LogP contribution < -0.4 is 0 Å². The van der Waals surface area contributed by atoms with Gasteiger partial charge in [0.1, 0.15) is 0 Å². The monoisotopic (exact) mass is 125 g/mol. The van der Waals surface area contributed by atoms with Crippen LogP contribution in [0, 0.1) is 17.3 Å². The summed E-state index contributed by atoms with van der Waals surface area (Å²) in [5, 5.41) is 15.7. The Bertz CT molecular complexity index is 173. The van der Waals surface area contributed by atoms with Crippen molar-refractivity contribution in [3.05, 3.63) is 0 Å². The van der Waals surface area contributed by atoms with Gasteiger partial charge in [-0.1, -0.05) is 11.8 Å². The zero-order valence-electron chi connectivity index (χ0n) is 4.85. The zero-order chi connectivity index (χ0) is 6.74. The van der Waals surface area contributed by atoms with Crippen molar-refractivity contribution in [1.29, 1.82) is 5.41 Å². The van der Waals surface area contributed by atoms with Crippen LogP contribution in [0.15, 0.2) is 0 Å². The number of aliphatic hydroxyl groups is 1. The lowest BCUT2D eigenvalue weighted by molar-refractivity contribution is -0.140.